The number of nitrogens with zero attached hydrogens (tertiary/aromatic N) is 3. The molecule has 2 heterocycles. The van der Waals surface area contributed by atoms with Crippen molar-refractivity contribution >= 4 is 17.6 Å². The molecule has 1 fully saturated rings. The van der Waals surface area contributed by atoms with E-state index in [0.29, 0.717) is 30.5 Å². The molecule has 2 aromatic rings. The van der Waals surface area contributed by atoms with Gasteiger partial charge < -0.3 is 20.1 Å². The molecule has 1 atom stereocenters. The highest BCUT2D eigenvalue weighted by Gasteiger charge is 2.36. The van der Waals surface area contributed by atoms with E-state index in [2.05, 4.69) is 23.4 Å². The zero-order valence-corrected chi connectivity index (χ0v) is 23.0. The summed E-state index contributed by atoms with van der Waals surface area (Å²) in [6, 6.07) is 9.05. The van der Waals surface area contributed by atoms with Crippen molar-refractivity contribution in [1.82, 2.24) is 14.7 Å². The molecule has 0 bridgehead atoms. The normalized spacial score (nSPS) is 17.4. The lowest BCUT2D eigenvalue weighted by Gasteiger charge is -2.31. The van der Waals surface area contributed by atoms with Crippen LogP contribution in [0.5, 0.6) is 5.75 Å². The molecular formula is C30H42N4O4. The molecule has 1 saturated carbocycles. The van der Waals surface area contributed by atoms with Crippen molar-refractivity contribution in [2.45, 2.75) is 96.7 Å². The van der Waals surface area contributed by atoms with Gasteiger partial charge in [-0.1, -0.05) is 63.6 Å². The van der Waals surface area contributed by atoms with Crippen LogP contribution in [-0.4, -0.2) is 49.8 Å². The zero-order chi connectivity index (χ0) is 27.1. The summed E-state index contributed by atoms with van der Waals surface area (Å²) in [5, 5.41) is 17.4. The highest BCUT2D eigenvalue weighted by atomic mass is 16.5. The van der Waals surface area contributed by atoms with Gasteiger partial charge in [-0.25, -0.2) is 0 Å². The van der Waals surface area contributed by atoms with Gasteiger partial charge in [-0.05, 0) is 50.7 Å². The Balaban J connectivity index is 1.47. The molecule has 0 unspecified atom stereocenters. The predicted octanol–water partition coefficient (Wildman–Crippen LogP) is 5.08. The van der Waals surface area contributed by atoms with E-state index in [1.165, 1.54) is 12.5 Å². The van der Waals surface area contributed by atoms with Gasteiger partial charge in [0.05, 0.1) is 18.7 Å². The van der Waals surface area contributed by atoms with Crippen molar-refractivity contribution < 1.29 is 19.4 Å². The number of carbonyl (C=O) groups is 2. The molecule has 0 spiro atoms. The summed E-state index contributed by atoms with van der Waals surface area (Å²) in [7, 11) is 0. The minimum absolute atomic E-state index is 0.199. The number of amides is 2. The van der Waals surface area contributed by atoms with E-state index >= 15 is 0 Å². The second-order valence-electron chi connectivity index (χ2n) is 11.3. The Labute approximate surface area is 226 Å². The van der Waals surface area contributed by atoms with Gasteiger partial charge >= 0.3 is 0 Å². The van der Waals surface area contributed by atoms with Gasteiger partial charge in [-0.3, -0.25) is 14.3 Å². The number of unbranched alkanes of at least 4 members (excludes halogenated alkanes) is 1. The fraction of sp³-hybridized carbons (Fsp3) is 0.567. The summed E-state index contributed by atoms with van der Waals surface area (Å²) < 4.78 is 7.83. The van der Waals surface area contributed by atoms with E-state index in [9.17, 15) is 14.7 Å². The van der Waals surface area contributed by atoms with Crippen LogP contribution in [0.25, 0.3) is 0 Å². The molecule has 206 valence electrons. The fourth-order valence-electron chi connectivity index (χ4n) is 5.39. The number of para-hydroxylation sites is 1. The maximum Gasteiger partial charge on any atom is 0.251 e. The third-order valence-electron chi connectivity index (χ3n) is 7.31. The number of nitrogens with one attached hydrogen (secondary N) is 1. The molecule has 8 nitrogen and oxygen atoms in total. The van der Waals surface area contributed by atoms with Gasteiger partial charge in [0.25, 0.3) is 5.91 Å². The largest absolute Gasteiger partial charge is 0.459 e. The smallest absolute Gasteiger partial charge is 0.251 e. The SMILES string of the molecule is CCCCc1ccccc1OC1=CC(=O)N([C@@H](CC2CCCCC2)C(=O)Nc2ccn(CC(C)(C)O)n2)C1. The summed E-state index contributed by atoms with van der Waals surface area (Å²) in [4.78, 5) is 28.4. The van der Waals surface area contributed by atoms with Gasteiger partial charge in [0.2, 0.25) is 5.91 Å². The summed E-state index contributed by atoms with van der Waals surface area (Å²) in [6.45, 7) is 6.15. The molecule has 1 aliphatic heterocycles. The number of aliphatic hydroxyl groups is 1. The minimum atomic E-state index is -0.921. The van der Waals surface area contributed by atoms with Crippen LogP contribution < -0.4 is 10.1 Å². The van der Waals surface area contributed by atoms with Crippen molar-refractivity contribution in [1.29, 1.82) is 0 Å². The Hall–Kier alpha value is -3.13. The Kier molecular flexibility index (Phi) is 9.26. The molecule has 1 aliphatic carbocycles. The summed E-state index contributed by atoms with van der Waals surface area (Å²) >= 11 is 0. The second kappa shape index (κ2) is 12.6. The molecule has 2 N–H and O–H groups in total. The standard InChI is InChI=1S/C30H42N4O4/c1-4-5-13-23-14-9-10-15-26(23)38-24-19-28(35)34(20-24)25(18-22-11-7-6-8-12-22)29(36)31-27-16-17-33(32-27)21-30(2,3)37/h9-10,14-17,19,22,25,37H,4-8,11-13,18,20-21H2,1-3H3,(H,31,32,36)/t25-/m0/s1. The first-order chi connectivity index (χ1) is 18.2. The van der Waals surface area contributed by atoms with Crippen LogP contribution in [0, 0.1) is 5.92 Å². The van der Waals surface area contributed by atoms with Crippen molar-refractivity contribution in [2.24, 2.45) is 5.92 Å². The molecule has 2 amide bonds. The lowest BCUT2D eigenvalue weighted by molar-refractivity contribution is -0.134. The fourth-order valence-corrected chi connectivity index (χ4v) is 5.39. The first kappa shape index (κ1) is 27.9. The number of benzene rings is 1. The number of ether oxygens (including phenoxy) is 1. The average molecular weight is 523 g/mol. The predicted molar refractivity (Wildman–Crippen MR) is 148 cm³/mol. The molecule has 2 aliphatic rings. The van der Waals surface area contributed by atoms with Crippen LogP contribution in [0.4, 0.5) is 5.82 Å². The monoisotopic (exact) mass is 522 g/mol. The minimum Gasteiger partial charge on any atom is -0.459 e. The van der Waals surface area contributed by atoms with Gasteiger partial charge in [0.1, 0.15) is 17.6 Å². The van der Waals surface area contributed by atoms with Crippen LogP contribution >= 0.6 is 0 Å². The Morgan fingerprint density at radius 1 is 1.21 bits per heavy atom. The number of hydrogen-bond acceptors (Lipinski definition) is 5. The topological polar surface area (TPSA) is 96.7 Å². The lowest BCUT2D eigenvalue weighted by Crippen LogP contribution is -2.46. The van der Waals surface area contributed by atoms with E-state index < -0.39 is 11.6 Å². The molecule has 1 aromatic heterocycles. The van der Waals surface area contributed by atoms with Gasteiger partial charge in [-0.2, -0.15) is 5.10 Å². The number of aryl methyl sites for hydroxylation is 1. The second-order valence-corrected chi connectivity index (χ2v) is 11.3. The van der Waals surface area contributed by atoms with E-state index in [1.54, 1.807) is 35.7 Å². The molecule has 0 radical (unpaired) electrons. The average Bonchev–Trinajstić information content (AvgIpc) is 3.46. The van der Waals surface area contributed by atoms with Gasteiger partial charge in [-0.15, -0.1) is 0 Å². The molecule has 0 saturated heterocycles. The van der Waals surface area contributed by atoms with Crippen LogP contribution in [-0.2, 0) is 22.6 Å². The summed E-state index contributed by atoms with van der Waals surface area (Å²) in [5.74, 6) is 1.71. The maximum absolute atomic E-state index is 13.6. The lowest BCUT2D eigenvalue weighted by atomic mass is 9.84. The molecule has 8 heteroatoms. The van der Waals surface area contributed by atoms with Crippen molar-refractivity contribution in [3.63, 3.8) is 0 Å². The number of anilines is 1. The summed E-state index contributed by atoms with van der Waals surface area (Å²) in [5.41, 5.74) is 0.204. The van der Waals surface area contributed by atoms with Gasteiger partial charge in [0, 0.05) is 18.3 Å². The quantitative estimate of drug-likeness (QED) is 0.405. The van der Waals surface area contributed by atoms with Crippen LogP contribution in [0.1, 0.15) is 77.7 Å². The van der Waals surface area contributed by atoms with E-state index in [4.69, 9.17) is 4.74 Å². The number of carbonyl (C=O) groups excluding carboxylic acids is 2. The molecule has 38 heavy (non-hydrogen) atoms. The van der Waals surface area contributed by atoms with Crippen LogP contribution in [0.15, 0.2) is 48.4 Å². The Morgan fingerprint density at radius 3 is 2.71 bits per heavy atom. The maximum atomic E-state index is 13.6. The Bertz CT molecular complexity index is 1130. The number of hydrogen-bond donors (Lipinski definition) is 2. The summed E-state index contributed by atoms with van der Waals surface area (Å²) in [6.07, 6.45) is 12.7. The first-order valence-corrected chi connectivity index (χ1v) is 14.1. The first-order valence-electron chi connectivity index (χ1n) is 14.1. The third-order valence-corrected chi connectivity index (χ3v) is 7.31. The van der Waals surface area contributed by atoms with E-state index in [0.717, 1.165) is 56.3 Å². The van der Waals surface area contributed by atoms with Crippen LogP contribution in [0.2, 0.25) is 0 Å². The van der Waals surface area contributed by atoms with E-state index in [-0.39, 0.29) is 18.4 Å². The Morgan fingerprint density at radius 2 is 1.97 bits per heavy atom. The molecule has 1 aromatic carbocycles. The molecular weight excluding hydrogens is 480 g/mol. The van der Waals surface area contributed by atoms with Crippen molar-refractivity contribution in [3.8, 4) is 5.75 Å². The van der Waals surface area contributed by atoms with Gasteiger partial charge in [0.15, 0.2) is 5.82 Å². The van der Waals surface area contributed by atoms with Crippen LogP contribution in [0.3, 0.4) is 0 Å². The third kappa shape index (κ3) is 7.69. The molecule has 4 rings (SSSR count). The highest BCUT2D eigenvalue weighted by Crippen LogP contribution is 2.31. The van der Waals surface area contributed by atoms with E-state index in [1.807, 2.05) is 18.2 Å². The van der Waals surface area contributed by atoms with Crippen molar-refractivity contribution in [3.05, 3.63) is 53.9 Å². The number of aromatic nitrogens is 2. The number of rotatable bonds is 12. The highest BCUT2D eigenvalue weighted by molar-refractivity contribution is 5.99. The zero-order valence-electron chi connectivity index (χ0n) is 23.0. The van der Waals surface area contributed by atoms with Crippen molar-refractivity contribution in [2.75, 3.05) is 11.9 Å².